The van der Waals surface area contributed by atoms with Crippen molar-refractivity contribution in [3.63, 3.8) is 0 Å². The van der Waals surface area contributed by atoms with Crippen LogP contribution in [0.2, 0.25) is 0 Å². The quantitative estimate of drug-likeness (QED) is 0.849. The monoisotopic (exact) mass is 304 g/mol. The Hall–Kier alpha value is -1.24. The first kappa shape index (κ1) is 14.4. The van der Waals surface area contributed by atoms with Crippen LogP contribution >= 0.6 is 0 Å². The topological polar surface area (TPSA) is 70.5 Å². The molecule has 0 bridgehead atoms. The summed E-state index contributed by atoms with van der Waals surface area (Å²) in [4.78, 5) is 11.2. The van der Waals surface area contributed by atoms with E-state index in [9.17, 15) is 5.11 Å². The first-order valence-electron chi connectivity index (χ1n) is 8.34. The van der Waals surface area contributed by atoms with Crippen LogP contribution in [0.15, 0.2) is 6.33 Å². The molecule has 6 nitrogen and oxygen atoms in total. The Morgan fingerprint density at radius 2 is 2.32 bits per heavy atom. The molecule has 2 aliphatic heterocycles. The van der Waals surface area contributed by atoms with Gasteiger partial charge in [0.1, 0.15) is 12.1 Å². The number of fused-ring (bicyclic) bond motifs is 2. The average Bonchev–Trinajstić information content (AvgIpc) is 3.21. The number of morpholine rings is 1. The largest absolute Gasteiger partial charge is 0.394 e. The molecule has 0 amide bonds. The Balaban J connectivity index is 1.53. The van der Waals surface area contributed by atoms with Crippen LogP contribution in [0.3, 0.4) is 0 Å². The number of aliphatic hydroxyl groups is 1. The predicted molar refractivity (Wildman–Crippen MR) is 82.9 cm³/mol. The molecule has 3 aliphatic rings. The molecule has 2 saturated heterocycles. The van der Waals surface area contributed by atoms with Gasteiger partial charge in [0.05, 0.1) is 25.4 Å². The zero-order chi connectivity index (χ0) is 15.0. The van der Waals surface area contributed by atoms with Gasteiger partial charge in [-0.2, -0.15) is 0 Å². The van der Waals surface area contributed by atoms with Gasteiger partial charge in [0, 0.05) is 23.8 Å². The summed E-state index contributed by atoms with van der Waals surface area (Å²) in [6, 6.07) is 0.457. The average molecular weight is 304 g/mol. The molecule has 22 heavy (non-hydrogen) atoms. The van der Waals surface area contributed by atoms with Crippen LogP contribution in [-0.4, -0.2) is 64.5 Å². The number of aliphatic hydroxyl groups excluding tert-OH is 1. The van der Waals surface area contributed by atoms with E-state index in [1.807, 2.05) is 0 Å². The SMILES string of the molecule is OC[C@]1(CNc2ncnc3c2CCC3)COC[C@@H]2CCCN21. The normalized spacial score (nSPS) is 31.0. The van der Waals surface area contributed by atoms with Crippen molar-refractivity contribution in [1.82, 2.24) is 14.9 Å². The number of aryl methyl sites for hydroxylation is 1. The summed E-state index contributed by atoms with van der Waals surface area (Å²) in [6.45, 7) is 3.22. The standard InChI is InChI=1S/C16H24N4O2/c21-9-16(10-22-7-12-3-2-6-20(12)16)8-17-15-13-4-1-5-14(13)18-11-19-15/h11-12,21H,1-10H2,(H,17,18,19)/t12-,16+/m0/s1. The highest BCUT2D eigenvalue weighted by Crippen LogP contribution is 2.32. The highest BCUT2D eigenvalue weighted by Gasteiger charge is 2.46. The van der Waals surface area contributed by atoms with Crippen LogP contribution in [0.4, 0.5) is 5.82 Å². The van der Waals surface area contributed by atoms with E-state index >= 15 is 0 Å². The molecule has 6 heteroatoms. The molecule has 1 aliphatic carbocycles. The van der Waals surface area contributed by atoms with Gasteiger partial charge in [0.25, 0.3) is 0 Å². The summed E-state index contributed by atoms with van der Waals surface area (Å²) >= 11 is 0. The number of hydrogen-bond acceptors (Lipinski definition) is 6. The molecule has 2 atom stereocenters. The maximum absolute atomic E-state index is 10.1. The zero-order valence-electron chi connectivity index (χ0n) is 12.9. The third kappa shape index (κ3) is 2.30. The highest BCUT2D eigenvalue weighted by atomic mass is 16.5. The fourth-order valence-electron chi connectivity index (χ4n) is 4.21. The van der Waals surface area contributed by atoms with E-state index in [1.165, 1.54) is 24.1 Å². The molecule has 0 spiro atoms. The first-order valence-corrected chi connectivity index (χ1v) is 8.34. The maximum atomic E-state index is 10.1. The summed E-state index contributed by atoms with van der Waals surface area (Å²) < 4.78 is 5.80. The predicted octanol–water partition coefficient (Wildman–Crippen LogP) is 0.603. The van der Waals surface area contributed by atoms with Crippen molar-refractivity contribution in [3.05, 3.63) is 17.6 Å². The van der Waals surface area contributed by atoms with Crippen LogP contribution in [0, 0.1) is 0 Å². The Morgan fingerprint density at radius 1 is 1.36 bits per heavy atom. The van der Waals surface area contributed by atoms with Gasteiger partial charge in [0.2, 0.25) is 0 Å². The van der Waals surface area contributed by atoms with Crippen LogP contribution in [0.25, 0.3) is 0 Å². The lowest BCUT2D eigenvalue weighted by Crippen LogP contribution is -2.64. The molecule has 2 fully saturated rings. The fraction of sp³-hybridized carbons (Fsp3) is 0.750. The molecule has 0 aromatic carbocycles. The number of nitrogens with zero attached hydrogens (tertiary/aromatic N) is 3. The van der Waals surface area contributed by atoms with Gasteiger partial charge in [-0.1, -0.05) is 0 Å². The Labute approximate surface area is 130 Å². The van der Waals surface area contributed by atoms with Crippen molar-refractivity contribution in [3.8, 4) is 0 Å². The van der Waals surface area contributed by atoms with E-state index in [0.717, 1.165) is 38.2 Å². The summed E-state index contributed by atoms with van der Waals surface area (Å²) in [6.07, 6.45) is 7.27. The number of rotatable bonds is 4. The van der Waals surface area contributed by atoms with Crippen LogP contribution in [0.5, 0.6) is 0 Å². The third-order valence-electron chi connectivity index (χ3n) is 5.42. The van der Waals surface area contributed by atoms with Crippen molar-refractivity contribution in [2.24, 2.45) is 0 Å². The second kappa shape index (κ2) is 5.76. The molecule has 0 radical (unpaired) electrons. The van der Waals surface area contributed by atoms with Gasteiger partial charge in [-0.25, -0.2) is 9.97 Å². The summed E-state index contributed by atoms with van der Waals surface area (Å²) in [5.41, 5.74) is 2.11. The fourth-order valence-corrected chi connectivity index (χ4v) is 4.21. The Morgan fingerprint density at radius 3 is 3.23 bits per heavy atom. The lowest BCUT2D eigenvalue weighted by atomic mass is 9.96. The minimum absolute atomic E-state index is 0.115. The molecule has 2 N–H and O–H groups in total. The summed E-state index contributed by atoms with van der Waals surface area (Å²) in [5, 5.41) is 13.6. The molecule has 1 aromatic rings. The van der Waals surface area contributed by atoms with E-state index in [1.54, 1.807) is 6.33 Å². The number of hydrogen-bond donors (Lipinski definition) is 2. The lowest BCUT2D eigenvalue weighted by molar-refractivity contribution is -0.101. The van der Waals surface area contributed by atoms with E-state index in [2.05, 4.69) is 20.2 Å². The van der Waals surface area contributed by atoms with Gasteiger partial charge >= 0.3 is 0 Å². The molecule has 4 rings (SSSR count). The third-order valence-corrected chi connectivity index (χ3v) is 5.42. The van der Waals surface area contributed by atoms with Gasteiger partial charge in [-0.15, -0.1) is 0 Å². The lowest BCUT2D eigenvalue weighted by Gasteiger charge is -2.47. The van der Waals surface area contributed by atoms with Gasteiger partial charge < -0.3 is 15.2 Å². The van der Waals surface area contributed by atoms with Crippen molar-refractivity contribution in [2.45, 2.75) is 43.7 Å². The number of ether oxygens (including phenoxy) is 1. The smallest absolute Gasteiger partial charge is 0.132 e. The second-order valence-electron chi connectivity index (χ2n) is 6.74. The Kier molecular flexibility index (Phi) is 3.76. The van der Waals surface area contributed by atoms with Crippen molar-refractivity contribution in [1.29, 1.82) is 0 Å². The number of aromatic nitrogens is 2. The molecular formula is C16H24N4O2. The molecular weight excluding hydrogens is 280 g/mol. The Bertz CT molecular complexity index is 553. The zero-order valence-corrected chi connectivity index (χ0v) is 12.9. The maximum Gasteiger partial charge on any atom is 0.132 e. The van der Waals surface area contributed by atoms with E-state index in [0.29, 0.717) is 19.2 Å². The van der Waals surface area contributed by atoms with E-state index < -0.39 is 0 Å². The summed E-state index contributed by atoms with van der Waals surface area (Å²) in [7, 11) is 0. The van der Waals surface area contributed by atoms with Crippen LogP contribution < -0.4 is 5.32 Å². The molecule has 1 aromatic heterocycles. The molecule has 0 saturated carbocycles. The van der Waals surface area contributed by atoms with E-state index in [-0.39, 0.29) is 12.1 Å². The number of anilines is 1. The molecule has 120 valence electrons. The minimum atomic E-state index is -0.324. The van der Waals surface area contributed by atoms with Crippen molar-refractivity contribution >= 4 is 5.82 Å². The minimum Gasteiger partial charge on any atom is -0.394 e. The summed E-state index contributed by atoms with van der Waals surface area (Å²) in [5.74, 6) is 0.941. The highest BCUT2D eigenvalue weighted by molar-refractivity contribution is 5.48. The van der Waals surface area contributed by atoms with Gasteiger partial charge in [0.15, 0.2) is 0 Å². The first-order chi connectivity index (χ1) is 10.8. The van der Waals surface area contributed by atoms with E-state index in [4.69, 9.17) is 4.74 Å². The van der Waals surface area contributed by atoms with Crippen molar-refractivity contribution in [2.75, 3.05) is 38.2 Å². The van der Waals surface area contributed by atoms with Gasteiger partial charge in [-0.3, -0.25) is 4.90 Å². The van der Waals surface area contributed by atoms with Crippen LogP contribution in [0.1, 0.15) is 30.5 Å². The molecule has 3 heterocycles. The second-order valence-corrected chi connectivity index (χ2v) is 6.74. The van der Waals surface area contributed by atoms with Crippen LogP contribution in [-0.2, 0) is 17.6 Å². The van der Waals surface area contributed by atoms with Crippen molar-refractivity contribution < 1.29 is 9.84 Å². The molecule has 0 unspecified atom stereocenters. The van der Waals surface area contributed by atoms with Gasteiger partial charge in [-0.05, 0) is 38.6 Å². The number of nitrogens with one attached hydrogen (secondary N) is 1.